The van der Waals surface area contributed by atoms with E-state index < -0.39 is 0 Å². The summed E-state index contributed by atoms with van der Waals surface area (Å²) in [5, 5.41) is 2.51. The molecule has 0 saturated heterocycles. The van der Waals surface area contributed by atoms with E-state index in [1.54, 1.807) is 0 Å². The molecule has 28 heavy (non-hydrogen) atoms. The molecule has 0 aliphatic carbocycles. The van der Waals surface area contributed by atoms with E-state index in [9.17, 15) is 0 Å². The normalized spacial score (nSPS) is 12.6. The van der Waals surface area contributed by atoms with Gasteiger partial charge in [0.2, 0.25) is 0 Å². The van der Waals surface area contributed by atoms with Crippen molar-refractivity contribution in [3.63, 3.8) is 0 Å². The fourth-order valence-electron chi connectivity index (χ4n) is 3.31. The first-order valence-electron chi connectivity index (χ1n) is 9.66. The molecule has 4 heteroatoms. The summed E-state index contributed by atoms with van der Waals surface area (Å²) in [5.41, 5.74) is 4.33. The van der Waals surface area contributed by atoms with Crippen LogP contribution in [0, 0.1) is 0 Å². The van der Waals surface area contributed by atoms with Crippen LogP contribution >= 0.6 is 9.24 Å². The fourth-order valence-corrected chi connectivity index (χ4v) is 3.37. The first-order valence-corrected chi connectivity index (χ1v) is 10.2. The zero-order valence-electron chi connectivity index (χ0n) is 16.9. The molecular formula is C24H26BNOP. The third kappa shape index (κ3) is 3.38. The molecule has 1 heterocycles. The Morgan fingerprint density at radius 2 is 1.36 bits per heavy atom. The molecule has 0 amide bonds. The van der Waals surface area contributed by atoms with E-state index in [0.717, 1.165) is 11.2 Å². The lowest BCUT2D eigenvalue weighted by molar-refractivity contribution is 0.0841. The number of hydrogen-bond donors (Lipinski definition) is 0. The maximum Gasteiger partial charge on any atom is 0.330 e. The lowest BCUT2D eigenvalue weighted by Gasteiger charge is -2.39. The van der Waals surface area contributed by atoms with Crippen molar-refractivity contribution in [2.75, 3.05) is 0 Å². The van der Waals surface area contributed by atoms with Crippen LogP contribution in [0.1, 0.15) is 27.7 Å². The summed E-state index contributed by atoms with van der Waals surface area (Å²) in [6, 6.07) is 25.7. The molecule has 4 rings (SSSR count). The molecule has 0 spiro atoms. The second kappa shape index (κ2) is 7.06. The van der Waals surface area contributed by atoms with Gasteiger partial charge < -0.3 is 9.22 Å². The Morgan fingerprint density at radius 3 is 1.93 bits per heavy atom. The Labute approximate surface area is 170 Å². The summed E-state index contributed by atoms with van der Waals surface area (Å²) >= 11 is 0. The largest absolute Gasteiger partial charge is 0.429 e. The van der Waals surface area contributed by atoms with E-state index in [4.69, 9.17) is 4.65 Å². The third-order valence-corrected chi connectivity index (χ3v) is 6.45. The van der Waals surface area contributed by atoms with Gasteiger partial charge in [-0.05, 0) is 38.1 Å². The Balaban J connectivity index is 1.76. The van der Waals surface area contributed by atoms with E-state index in [2.05, 4.69) is 114 Å². The number of aromatic nitrogens is 1. The summed E-state index contributed by atoms with van der Waals surface area (Å²) in [5.74, 6) is 0. The minimum Gasteiger partial charge on any atom is -0.429 e. The summed E-state index contributed by atoms with van der Waals surface area (Å²) in [4.78, 5) is 0. The van der Waals surface area contributed by atoms with E-state index >= 15 is 0 Å². The number of nitrogens with zero attached hydrogens (tertiary/aromatic N) is 1. The van der Waals surface area contributed by atoms with E-state index in [-0.39, 0.29) is 10.8 Å². The van der Waals surface area contributed by atoms with Crippen molar-refractivity contribution in [3.8, 4) is 5.69 Å². The van der Waals surface area contributed by atoms with Gasteiger partial charge in [-0.2, -0.15) is 0 Å². The maximum absolute atomic E-state index is 6.17. The lowest BCUT2D eigenvalue weighted by atomic mass is 9.84. The van der Waals surface area contributed by atoms with Gasteiger partial charge in [-0.3, -0.25) is 0 Å². The van der Waals surface area contributed by atoms with Crippen LogP contribution in [0.5, 0.6) is 0 Å². The second-order valence-corrected chi connectivity index (χ2v) is 9.88. The SMILES string of the molecule is CC(C)(P)C(C)(C)O[B]c1cccc(-n2c3ccccc3c3ccccc32)c1. The van der Waals surface area contributed by atoms with Gasteiger partial charge in [0.25, 0.3) is 0 Å². The average Bonchev–Trinajstić information content (AvgIpc) is 3.00. The smallest absolute Gasteiger partial charge is 0.330 e. The Morgan fingerprint density at radius 1 is 0.786 bits per heavy atom. The number of hydrogen-bond acceptors (Lipinski definition) is 1. The molecule has 0 N–H and O–H groups in total. The molecule has 3 aromatic carbocycles. The van der Waals surface area contributed by atoms with Gasteiger partial charge in [-0.1, -0.05) is 67.8 Å². The number of para-hydroxylation sites is 2. The van der Waals surface area contributed by atoms with Gasteiger partial charge in [0, 0.05) is 21.6 Å². The molecule has 0 bridgehead atoms. The first kappa shape index (κ1) is 19.2. The van der Waals surface area contributed by atoms with Gasteiger partial charge in [-0.15, -0.1) is 9.24 Å². The van der Waals surface area contributed by atoms with E-state index in [1.165, 1.54) is 21.8 Å². The van der Waals surface area contributed by atoms with Crippen LogP contribution < -0.4 is 5.46 Å². The molecular weight excluding hydrogens is 360 g/mol. The zero-order chi connectivity index (χ0) is 19.9. The molecule has 1 aromatic heterocycles. The quantitative estimate of drug-likeness (QED) is 0.327. The van der Waals surface area contributed by atoms with Gasteiger partial charge in [0.1, 0.15) is 0 Å². The van der Waals surface area contributed by atoms with Crippen LogP contribution in [0.2, 0.25) is 0 Å². The Hall–Kier alpha value is -2.09. The Bertz CT molecular complexity index is 1090. The van der Waals surface area contributed by atoms with E-state index in [0.29, 0.717) is 0 Å². The van der Waals surface area contributed by atoms with Gasteiger partial charge >= 0.3 is 7.48 Å². The van der Waals surface area contributed by atoms with Crippen LogP contribution in [-0.2, 0) is 4.65 Å². The van der Waals surface area contributed by atoms with Crippen LogP contribution in [0.3, 0.4) is 0 Å². The van der Waals surface area contributed by atoms with E-state index in [1.807, 2.05) is 7.48 Å². The highest BCUT2D eigenvalue weighted by Crippen LogP contribution is 2.33. The highest BCUT2D eigenvalue weighted by Gasteiger charge is 2.33. The molecule has 1 unspecified atom stereocenters. The van der Waals surface area contributed by atoms with Crippen molar-refractivity contribution in [1.82, 2.24) is 4.57 Å². The van der Waals surface area contributed by atoms with Crippen molar-refractivity contribution < 1.29 is 4.65 Å². The van der Waals surface area contributed by atoms with Crippen LogP contribution in [0.4, 0.5) is 0 Å². The van der Waals surface area contributed by atoms with Crippen molar-refractivity contribution in [1.29, 1.82) is 0 Å². The molecule has 0 fully saturated rings. The predicted octanol–water partition coefficient (Wildman–Crippen LogP) is 5.48. The minimum atomic E-state index is -0.291. The van der Waals surface area contributed by atoms with Crippen molar-refractivity contribution in [3.05, 3.63) is 72.8 Å². The third-order valence-electron chi connectivity index (χ3n) is 5.75. The number of benzene rings is 3. The number of fused-ring (bicyclic) bond motifs is 3. The average molecular weight is 386 g/mol. The summed E-state index contributed by atoms with van der Waals surface area (Å²) in [6.07, 6.45) is 0. The monoisotopic (exact) mass is 386 g/mol. The summed E-state index contributed by atoms with van der Waals surface area (Å²) in [6.45, 7) is 8.57. The molecule has 4 aromatic rings. The lowest BCUT2D eigenvalue weighted by Crippen LogP contribution is -2.45. The molecule has 2 nitrogen and oxygen atoms in total. The first-order chi connectivity index (χ1) is 13.3. The fraction of sp³-hybridized carbons (Fsp3) is 0.250. The molecule has 0 aliphatic rings. The van der Waals surface area contributed by atoms with Gasteiger partial charge in [0.05, 0.1) is 16.6 Å². The molecule has 1 radical (unpaired) electrons. The van der Waals surface area contributed by atoms with Crippen LogP contribution in [0.15, 0.2) is 72.8 Å². The maximum atomic E-state index is 6.17. The highest BCUT2D eigenvalue weighted by atomic mass is 31.0. The molecule has 0 aliphatic heterocycles. The number of rotatable bonds is 5. The zero-order valence-corrected chi connectivity index (χ0v) is 18.1. The highest BCUT2D eigenvalue weighted by molar-refractivity contribution is 7.19. The van der Waals surface area contributed by atoms with Crippen molar-refractivity contribution >= 4 is 44.0 Å². The van der Waals surface area contributed by atoms with Crippen LogP contribution in [0.25, 0.3) is 27.5 Å². The molecule has 0 saturated carbocycles. The summed E-state index contributed by atoms with van der Waals surface area (Å²) in [7, 11) is 4.76. The standard InChI is InChI=1S/C24H26BNOP/c1-23(2,24(3,4)28)27-25-17-10-9-11-18(16-17)26-21-14-7-5-12-19(21)20-13-6-8-15-22(20)26/h5-16H,28H2,1-4H3. The van der Waals surface area contributed by atoms with Gasteiger partial charge in [0.15, 0.2) is 0 Å². The minimum absolute atomic E-state index is 0.0338. The summed E-state index contributed by atoms with van der Waals surface area (Å²) < 4.78 is 8.50. The molecule has 1 atom stereocenters. The van der Waals surface area contributed by atoms with Crippen molar-refractivity contribution in [2.24, 2.45) is 0 Å². The predicted molar refractivity (Wildman–Crippen MR) is 125 cm³/mol. The Kier molecular flexibility index (Phi) is 4.85. The second-order valence-electron chi connectivity index (χ2n) is 8.43. The van der Waals surface area contributed by atoms with Crippen molar-refractivity contribution in [2.45, 2.75) is 38.5 Å². The molecule has 141 valence electrons. The topological polar surface area (TPSA) is 14.2 Å². The van der Waals surface area contributed by atoms with Gasteiger partial charge in [-0.25, -0.2) is 0 Å². The van der Waals surface area contributed by atoms with Crippen LogP contribution in [-0.4, -0.2) is 22.8 Å².